The first-order valence-corrected chi connectivity index (χ1v) is 8.54. The maximum absolute atomic E-state index is 13.0. The number of thioether (sulfide) groups is 1. The number of benzene rings is 1. The van der Waals surface area contributed by atoms with Gasteiger partial charge in [0.05, 0.1) is 5.75 Å². The Hall–Kier alpha value is -1.07. The summed E-state index contributed by atoms with van der Waals surface area (Å²) in [5.74, 6) is 0.421. The van der Waals surface area contributed by atoms with Crippen molar-refractivity contribution in [2.75, 3.05) is 25.4 Å². The summed E-state index contributed by atoms with van der Waals surface area (Å²) in [4.78, 5) is 11.8. The van der Waals surface area contributed by atoms with Crippen LogP contribution in [0.1, 0.15) is 24.0 Å². The summed E-state index contributed by atoms with van der Waals surface area (Å²) >= 11 is 1.76. The number of carbonyl (C=O) groups excluding carboxylic acids is 1. The average Bonchev–Trinajstić information content (AvgIpc) is 2.48. The van der Waals surface area contributed by atoms with Gasteiger partial charge in [0.1, 0.15) is 5.82 Å². The van der Waals surface area contributed by atoms with Crippen LogP contribution in [-0.2, 0) is 11.2 Å². The summed E-state index contributed by atoms with van der Waals surface area (Å²) < 4.78 is 13.0. The fraction of sp³-hybridized carbons (Fsp3) is 0.562. The minimum Gasteiger partial charge on any atom is -0.355 e. The normalized spacial score (nSPS) is 15.9. The maximum Gasteiger partial charge on any atom is 0.230 e. The van der Waals surface area contributed by atoms with Gasteiger partial charge in [-0.15, -0.1) is 11.8 Å². The van der Waals surface area contributed by atoms with Gasteiger partial charge in [0, 0.05) is 11.8 Å². The number of rotatable bonds is 6. The molecule has 1 aliphatic rings. The van der Waals surface area contributed by atoms with E-state index in [0.717, 1.165) is 43.5 Å². The van der Waals surface area contributed by atoms with Crippen molar-refractivity contribution in [3.05, 3.63) is 35.1 Å². The number of carbonyl (C=O) groups is 1. The molecule has 0 aliphatic carbocycles. The van der Waals surface area contributed by atoms with Crippen molar-refractivity contribution in [3.63, 3.8) is 0 Å². The van der Waals surface area contributed by atoms with Crippen molar-refractivity contribution >= 4 is 17.7 Å². The first-order valence-electron chi connectivity index (χ1n) is 7.49. The van der Waals surface area contributed by atoms with Crippen LogP contribution in [-0.4, -0.2) is 36.5 Å². The van der Waals surface area contributed by atoms with E-state index in [-0.39, 0.29) is 11.7 Å². The molecule has 2 rings (SSSR count). The Bertz CT molecular complexity index is 475. The Morgan fingerprint density at radius 2 is 2.19 bits per heavy atom. The number of piperidine rings is 1. The fourth-order valence-electron chi connectivity index (χ4n) is 2.48. The van der Waals surface area contributed by atoms with E-state index < -0.39 is 0 Å². The summed E-state index contributed by atoms with van der Waals surface area (Å²) in [6.07, 6.45) is 3.04. The number of amides is 1. The third-order valence-corrected chi connectivity index (χ3v) is 5.13. The molecule has 1 saturated heterocycles. The molecule has 1 aliphatic heterocycles. The van der Waals surface area contributed by atoms with Crippen LogP contribution in [0.25, 0.3) is 0 Å². The van der Waals surface area contributed by atoms with Crippen molar-refractivity contribution in [1.82, 2.24) is 10.6 Å². The Kier molecular flexibility index (Phi) is 6.51. The summed E-state index contributed by atoms with van der Waals surface area (Å²) in [7, 11) is 0. The van der Waals surface area contributed by atoms with E-state index >= 15 is 0 Å². The second-order valence-electron chi connectivity index (χ2n) is 5.43. The van der Waals surface area contributed by atoms with Crippen molar-refractivity contribution in [1.29, 1.82) is 0 Å². The highest BCUT2D eigenvalue weighted by Gasteiger charge is 2.14. The molecule has 1 amide bonds. The molecule has 116 valence electrons. The standard InChI is InChI=1S/C16H23FN2OS/c1-12-10-14(17)3-2-13(12)4-9-19-16(20)11-21-15-5-7-18-8-6-15/h2-3,10,15,18H,4-9,11H2,1H3,(H,19,20). The summed E-state index contributed by atoms with van der Waals surface area (Å²) in [5.41, 5.74) is 2.02. The van der Waals surface area contributed by atoms with Crippen molar-refractivity contribution in [2.24, 2.45) is 0 Å². The Morgan fingerprint density at radius 1 is 1.43 bits per heavy atom. The molecule has 21 heavy (non-hydrogen) atoms. The van der Waals surface area contributed by atoms with Gasteiger partial charge in [-0.25, -0.2) is 4.39 Å². The largest absolute Gasteiger partial charge is 0.355 e. The second kappa shape index (κ2) is 8.39. The molecular formula is C16H23FN2OS. The minimum atomic E-state index is -0.210. The second-order valence-corrected chi connectivity index (χ2v) is 6.72. The van der Waals surface area contributed by atoms with Crippen LogP contribution >= 0.6 is 11.8 Å². The van der Waals surface area contributed by atoms with E-state index in [1.54, 1.807) is 17.8 Å². The molecule has 0 saturated carbocycles. The quantitative estimate of drug-likeness (QED) is 0.847. The van der Waals surface area contributed by atoms with E-state index in [0.29, 0.717) is 17.5 Å². The SMILES string of the molecule is Cc1cc(F)ccc1CCNC(=O)CSC1CCNCC1. The van der Waals surface area contributed by atoms with Crippen LogP contribution in [0.5, 0.6) is 0 Å². The molecule has 0 spiro atoms. The molecule has 1 aromatic rings. The minimum absolute atomic E-state index is 0.0956. The number of hydrogen-bond donors (Lipinski definition) is 2. The molecule has 1 aromatic carbocycles. The monoisotopic (exact) mass is 310 g/mol. The van der Waals surface area contributed by atoms with Crippen LogP contribution in [0.3, 0.4) is 0 Å². The van der Waals surface area contributed by atoms with Gasteiger partial charge in [-0.2, -0.15) is 0 Å². The zero-order valence-electron chi connectivity index (χ0n) is 12.5. The molecular weight excluding hydrogens is 287 g/mol. The van der Waals surface area contributed by atoms with E-state index in [4.69, 9.17) is 0 Å². The highest BCUT2D eigenvalue weighted by molar-refractivity contribution is 8.00. The topological polar surface area (TPSA) is 41.1 Å². The van der Waals surface area contributed by atoms with Gasteiger partial charge in [-0.1, -0.05) is 6.07 Å². The molecule has 1 fully saturated rings. The third-order valence-electron chi connectivity index (χ3n) is 3.76. The molecule has 0 aromatic heterocycles. The number of hydrogen-bond acceptors (Lipinski definition) is 3. The lowest BCUT2D eigenvalue weighted by atomic mass is 10.1. The van der Waals surface area contributed by atoms with Crippen molar-refractivity contribution < 1.29 is 9.18 Å². The maximum atomic E-state index is 13.0. The molecule has 5 heteroatoms. The van der Waals surface area contributed by atoms with Gasteiger partial charge in [0.2, 0.25) is 5.91 Å². The van der Waals surface area contributed by atoms with Gasteiger partial charge in [-0.05, 0) is 62.5 Å². The van der Waals surface area contributed by atoms with Gasteiger partial charge in [0.25, 0.3) is 0 Å². The highest BCUT2D eigenvalue weighted by Crippen LogP contribution is 2.19. The van der Waals surface area contributed by atoms with E-state index in [2.05, 4.69) is 10.6 Å². The van der Waals surface area contributed by atoms with Gasteiger partial charge in [-0.3, -0.25) is 4.79 Å². The van der Waals surface area contributed by atoms with Gasteiger partial charge in [0.15, 0.2) is 0 Å². The summed E-state index contributed by atoms with van der Waals surface area (Å²) in [6, 6.07) is 4.79. The Balaban J connectivity index is 1.64. The zero-order valence-corrected chi connectivity index (χ0v) is 13.3. The van der Waals surface area contributed by atoms with Crippen LogP contribution in [0.15, 0.2) is 18.2 Å². The highest BCUT2D eigenvalue weighted by atomic mass is 32.2. The first-order chi connectivity index (χ1) is 10.1. The lowest BCUT2D eigenvalue weighted by Gasteiger charge is -2.21. The molecule has 3 nitrogen and oxygen atoms in total. The van der Waals surface area contributed by atoms with Crippen LogP contribution in [0.2, 0.25) is 0 Å². The van der Waals surface area contributed by atoms with E-state index in [1.807, 2.05) is 6.92 Å². The van der Waals surface area contributed by atoms with Crippen molar-refractivity contribution in [3.8, 4) is 0 Å². The average molecular weight is 310 g/mol. The number of nitrogens with one attached hydrogen (secondary N) is 2. The Morgan fingerprint density at radius 3 is 2.90 bits per heavy atom. The lowest BCUT2D eigenvalue weighted by Crippen LogP contribution is -2.32. The summed E-state index contributed by atoms with van der Waals surface area (Å²) in [5, 5.41) is 6.87. The zero-order chi connectivity index (χ0) is 15.1. The van der Waals surface area contributed by atoms with Crippen LogP contribution in [0, 0.1) is 12.7 Å². The molecule has 0 radical (unpaired) electrons. The van der Waals surface area contributed by atoms with Crippen molar-refractivity contribution in [2.45, 2.75) is 31.4 Å². The first kappa shape index (κ1) is 16.3. The van der Waals surface area contributed by atoms with Crippen LogP contribution < -0.4 is 10.6 Å². The summed E-state index contributed by atoms with van der Waals surface area (Å²) in [6.45, 7) is 4.62. The molecule has 0 atom stereocenters. The fourth-order valence-corrected chi connectivity index (χ4v) is 3.54. The number of aryl methyl sites for hydroxylation is 1. The Labute approximate surface area is 130 Å². The van der Waals surface area contributed by atoms with E-state index in [9.17, 15) is 9.18 Å². The van der Waals surface area contributed by atoms with Crippen LogP contribution in [0.4, 0.5) is 4.39 Å². The molecule has 0 unspecified atom stereocenters. The lowest BCUT2D eigenvalue weighted by molar-refractivity contribution is -0.118. The third kappa shape index (κ3) is 5.67. The van der Waals surface area contributed by atoms with Gasteiger partial charge < -0.3 is 10.6 Å². The predicted molar refractivity (Wildman–Crippen MR) is 86.2 cm³/mol. The number of halogens is 1. The predicted octanol–water partition coefficient (Wildman–Crippen LogP) is 2.28. The molecule has 1 heterocycles. The smallest absolute Gasteiger partial charge is 0.230 e. The van der Waals surface area contributed by atoms with E-state index in [1.165, 1.54) is 12.1 Å². The molecule has 2 N–H and O–H groups in total. The molecule has 0 bridgehead atoms. The van der Waals surface area contributed by atoms with Gasteiger partial charge >= 0.3 is 0 Å².